The van der Waals surface area contributed by atoms with E-state index in [4.69, 9.17) is 9.72 Å². The van der Waals surface area contributed by atoms with Crippen LogP contribution in [-0.2, 0) is 19.5 Å². The summed E-state index contributed by atoms with van der Waals surface area (Å²) in [5, 5.41) is 7.32. The summed E-state index contributed by atoms with van der Waals surface area (Å²) in [6.07, 6.45) is 9.41. The standard InChI is InChI=1S/C50H40N6O/c1-50(2,3)32-24-25-51-43(28-32)56-42-30-36(57-35-17-13-16-34(29-35)55-27-26-54(31-55)33-14-7-6-8-15-33)22-23-39(42)45-44-37-18-9-11-20-40(37)52(4)47(44)46-38-19-10-12-21-41(38)53(5)48(46)49(45)56/h6-30H,1-5H3. The minimum Gasteiger partial charge on any atom is -0.458 e. The van der Waals surface area contributed by atoms with Gasteiger partial charge in [0.15, 0.2) is 0 Å². The molecule has 276 valence electrons. The molecule has 0 unspecified atom stereocenters. The van der Waals surface area contributed by atoms with Gasteiger partial charge < -0.3 is 13.9 Å². The van der Waals surface area contributed by atoms with E-state index in [9.17, 15) is 0 Å². The Morgan fingerprint density at radius 3 is 2.04 bits per heavy atom. The van der Waals surface area contributed by atoms with Gasteiger partial charge in [0.2, 0.25) is 0 Å². The Labute approximate surface area is 329 Å². The largest absolute Gasteiger partial charge is 0.458 e. The Morgan fingerprint density at radius 2 is 1.26 bits per heavy atom. The highest BCUT2D eigenvalue weighted by Gasteiger charge is 2.27. The second-order valence-corrected chi connectivity index (χ2v) is 16.1. The zero-order valence-corrected chi connectivity index (χ0v) is 32.5. The molecular weight excluding hydrogens is 701 g/mol. The van der Waals surface area contributed by atoms with Crippen LogP contribution < -0.4 is 9.30 Å². The molecule has 0 aliphatic heterocycles. The third-order valence-corrected chi connectivity index (χ3v) is 11.7. The van der Waals surface area contributed by atoms with Gasteiger partial charge >= 0.3 is 0 Å². The van der Waals surface area contributed by atoms with E-state index in [0.29, 0.717) is 0 Å². The molecule has 0 atom stereocenters. The lowest BCUT2D eigenvalue weighted by molar-refractivity contribution is -0.599. The number of pyridine rings is 1. The van der Waals surface area contributed by atoms with Gasteiger partial charge in [0, 0.05) is 82.1 Å². The van der Waals surface area contributed by atoms with Gasteiger partial charge in [-0.15, -0.1) is 0 Å². The van der Waals surface area contributed by atoms with E-state index in [1.807, 2.05) is 58.1 Å². The monoisotopic (exact) mass is 740 g/mol. The number of ether oxygens (including phenoxy) is 1. The van der Waals surface area contributed by atoms with E-state index in [-0.39, 0.29) is 5.41 Å². The molecule has 0 saturated heterocycles. The topological polar surface area (TPSA) is 45.7 Å². The average Bonchev–Trinajstić information content (AvgIpc) is 3.99. The number of nitrogens with zero attached hydrogens (tertiary/aromatic N) is 6. The van der Waals surface area contributed by atoms with Crippen molar-refractivity contribution < 1.29 is 9.30 Å². The number of benzene rings is 6. The molecule has 5 aromatic heterocycles. The van der Waals surface area contributed by atoms with Crippen LogP contribution >= 0.6 is 0 Å². The predicted octanol–water partition coefficient (Wildman–Crippen LogP) is 11.4. The summed E-state index contributed by atoms with van der Waals surface area (Å²) in [5.74, 6) is 2.36. The van der Waals surface area contributed by atoms with Crippen LogP contribution in [0.4, 0.5) is 0 Å². The van der Waals surface area contributed by atoms with Crippen molar-refractivity contribution in [3.05, 3.63) is 164 Å². The SMILES string of the molecule is Cn1c2ccccc2c2c3c4ccc(Oc5cccc(-[n+]6[c-]n(-c7ccccc7)cc6)c5)cc4n(-c4cc(C(C)(C)C)ccn4)c3c3c(c4ccccc4n3C)c21. The van der Waals surface area contributed by atoms with Gasteiger partial charge in [0.1, 0.15) is 17.3 Å². The zero-order valence-electron chi connectivity index (χ0n) is 32.5. The van der Waals surface area contributed by atoms with Crippen molar-refractivity contribution in [1.82, 2.24) is 23.3 Å². The number of aryl methyl sites for hydroxylation is 2. The first-order valence-electron chi connectivity index (χ1n) is 19.4. The normalized spacial score (nSPS) is 12.3. The van der Waals surface area contributed by atoms with E-state index < -0.39 is 0 Å². The Kier molecular flexibility index (Phi) is 7.11. The summed E-state index contributed by atoms with van der Waals surface area (Å²) in [5.41, 5.74) is 10.1. The summed E-state index contributed by atoms with van der Waals surface area (Å²) in [7, 11) is 4.41. The van der Waals surface area contributed by atoms with Crippen molar-refractivity contribution in [3.63, 3.8) is 0 Å². The number of hydrogen-bond acceptors (Lipinski definition) is 2. The number of hydrogen-bond donors (Lipinski definition) is 0. The van der Waals surface area contributed by atoms with E-state index in [0.717, 1.165) is 45.1 Å². The summed E-state index contributed by atoms with van der Waals surface area (Å²) in [6, 6.07) is 46.9. The molecule has 6 aromatic carbocycles. The molecule has 11 rings (SSSR count). The van der Waals surface area contributed by atoms with Crippen LogP contribution in [-0.4, -0.2) is 23.3 Å². The van der Waals surface area contributed by atoms with Crippen LogP contribution in [0.1, 0.15) is 26.3 Å². The fourth-order valence-corrected chi connectivity index (χ4v) is 8.93. The molecule has 0 bridgehead atoms. The third kappa shape index (κ3) is 4.98. The average molecular weight is 741 g/mol. The van der Waals surface area contributed by atoms with Crippen molar-refractivity contribution in [2.24, 2.45) is 14.1 Å². The zero-order chi connectivity index (χ0) is 38.6. The summed E-state index contributed by atoms with van der Waals surface area (Å²) >= 11 is 0. The molecule has 0 amide bonds. The number of imidazole rings is 1. The van der Waals surface area contributed by atoms with Crippen LogP contribution in [0.5, 0.6) is 11.5 Å². The fourth-order valence-electron chi connectivity index (χ4n) is 8.93. The molecule has 57 heavy (non-hydrogen) atoms. The van der Waals surface area contributed by atoms with Gasteiger partial charge in [-0.05, 0) is 77.7 Å². The van der Waals surface area contributed by atoms with Gasteiger partial charge in [0.25, 0.3) is 6.33 Å². The van der Waals surface area contributed by atoms with E-state index >= 15 is 0 Å². The van der Waals surface area contributed by atoms with Crippen molar-refractivity contribution in [3.8, 4) is 28.7 Å². The first-order valence-corrected chi connectivity index (χ1v) is 19.4. The minimum absolute atomic E-state index is 0.0644. The van der Waals surface area contributed by atoms with E-state index in [1.165, 1.54) is 54.6 Å². The highest BCUT2D eigenvalue weighted by molar-refractivity contribution is 6.40. The minimum atomic E-state index is -0.0644. The Balaban J connectivity index is 1.19. The number of rotatable bonds is 5. The molecular formula is C50H40N6O. The number of aromatic nitrogens is 6. The van der Waals surface area contributed by atoms with Crippen LogP contribution in [0.15, 0.2) is 152 Å². The molecule has 5 heterocycles. The van der Waals surface area contributed by atoms with Crippen LogP contribution in [0.25, 0.3) is 82.6 Å². The van der Waals surface area contributed by atoms with Crippen LogP contribution in [0.3, 0.4) is 0 Å². The highest BCUT2D eigenvalue weighted by atomic mass is 16.5. The van der Waals surface area contributed by atoms with Gasteiger partial charge in [-0.25, -0.2) is 4.98 Å². The Bertz CT molecular complexity index is 3390. The van der Waals surface area contributed by atoms with E-state index in [1.54, 1.807) is 0 Å². The molecule has 0 radical (unpaired) electrons. The van der Waals surface area contributed by atoms with Crippen molar-refractivity contribution in [2.45, 2.75) is 26.2 Å². The Hall–Kier alpha value is -7.12. The van der Waals surface area contributed by atoms with Crippen molar-refractivity contribution >= 4 is 65.4 Å². The molecule has 7 nitrogen and oxygen atoms in total. The van der Waals surface area contributed by atoms with E-state index in [2.05, 4.69) is 158 Å². The molecule has 11 aromatic rings. The quantitative estimate of drug-likeness (QED) is 0.130. The second-order valence-electron chi connectivity index (χ2n) is 16.1. The number of fused-ring (bicyclic) bond motifs is 12. The first kappa shape index (κ1) is 33.2. The lowest BCUT2D eigenvalue weighted by Crippen LogP contribution is -2.28. The summed E-state index contributed by atoms with van der Waals surface area (Å²) < 4.78 is 17.9. The Morgan fingerprint density at radius 1 is 0.596 bits per heavy atom. The molecule has 7 heteroatoms. The first-order chi connectivity index (χ1) is 27.7. The number of para-hydroxylation sites is 3. The third-order valence-electron chi connectivity index (χ3n) is 11.7. The summed E-state index contributed by atoms with van der Waals surface area (Å²) in [4.78, 5) is 5.12. The van der Waals surface area contributed by atoms with Crippen molar-refractivity contribution in [2.75, 3.05) is 0 Å². The maximum absolute atomic E-state index is 6.75. The molecule has 0 spiro atoms. The highest BCUT2D eigenvalue weighted by Crippen LogP contribution is 2.48. The second kappa shape index (κ2) is 12.2. The maximum Gasteiger partial charge on any atom is 0.268 e. The smallest absolute Gasteiger partial charge is 0.268 e. The lowest BCUT2D eigenvalue weighted by Gasteiger charge is -2.20. The molecule has 0 aliphatic carbocycles. The fraction of sp³-hybridized carbons (Fsp3) is 0.120. The van der Waals surface area contributed by atoms with Gasteiger partial charge in [-0.3, -0.25) is 13.7 Å². The van der Waals surface area contributed by atoms with Gasteiger partial charge in [-0.2, -0.15) is 0 Å². The van der Waals surface area contributed by atoms with Gasteiger partial charge in [-0.1, -0.05) is 81.4 Å². The maximum atomic E-state index is 6.75. The lowest BCUT2D eigenvalue weighted by atomic mass is 9.88. The molecule has 0 saturated carbocycles. The molecule has 0 fully saturated rings. The van der Waals surface area contributed by atoms with Crippen LogP contribution in [0, 0.1) is 6.33 Å². The molecule has 0 aliphatic rings. The van der Waals surface area contributed by atoms with Gasteiger partial charge in [0.05, 0.1) is 33.4 Å². The van der Waals surface area contributed by atoms with Crippen LogP contribution in [0.2, 0.25) is 0 Å². The predicted molar refractivity (Wildman–Crippen MR) is 231 cm³/mol. The molecule has 0 N–H and O–H groups in total. The van der Waals surface area contributed by atoms with Crippen molar-refractivity contribution in [1.29, 1.82) is 0 Å². The summed E-state index contributed by atoms with van der Waals surface area (Å²) in [6.45, 7) is 6.77.